The highest BCUT2D eigenvalue weighted by Gasteiger charge is 2.17. The smallest absolute Gasteiger partial charge is 0.407 e. The van der Waals surface area contributed by atoms with E-state index in [1.807, 2.05) is 59.1 Å². The van der Waals surface area contributed by atoms with Crippen LogP contribution in [0.2, 0.25) is 0 Å². The molecule has 0 aliphatic rings. The maximum atomic E-state index is 11.8. The summed E-state index contributed by atoms with van der Waals surface area (Å²) >= 11 is 0. The van der Waals surface area contributed by atoms with Gasteiger partial charge >= 0.3 is 6.09 Å². The van der Waals surface area contributed by atoms with Crippen LogP contribution in [0.5, 0.6) is 0 Å². The quantitative estimate of drug-likeness (QED) is 0.939. The molecule has 124 valence electrons. The number of carbonyl (C=O) groups excluding carboxylic acids is 1. The predicted molar refractivity (Wildman–Crippen MR) is 91.2 cm³/mol. The molecule has 1 aromatic carbocycles. The average molecular weight is 315 g/mol. The molecule has 0 saturated heterocycles. The van der Waals surface area contributed by atoms with E-state index in [9.17, 15) is 4.79 Å². The van der Waals surface area contributed by atoms with Crippen LogP contribution in [-0.2, 0) is 18.2 Å². The van der Waals surface area contributed by atoms with Gasteiger partial charge in [-0.3, -0.25) is 4.68 Å². The van der Waals surface area contributed by atoms with Crippen LogP contribution in [0, 0.1) is 0 Å². The minimum absolute atomic E-state index is 0.0103. The number of aryl methyl sites for hydroxylation is 1. The van der Waals surface area contributed by atoms with Crippen molar-refractivity contribution in [3.05, 3.63) is 42.1 Å². The molecule has 0 unspecified atom stereocenters. The first-order valence-electron chi connectivity index (χ1n) is 7.81. The fourth-order valence-electron chi connectivity index (χ4n) is 2.34. The highest BCUT2D eigenvalue weighted by Crippen LogP contribution is 2.19. The van der Waals surface area contributed by atoms with Crippen molar-refractivity contribution < 1.29 is 9.53 Å². The number of benzene rings is 1. The second-order valence-electron chi connectivity index (χ2n) is 6.83. The van der Waals surface area contributed by atoms with Crippen LogP contribution in [0.3, 0.4) is 0 Å². The molecule has 0 spiro atoms. The average Bonchev–Trinajstić information content (AvgIpc) is 2.83. The van der Waals surface area contributed by atoms with Gasteiger partial charge in [0.2, 0.25) is 0 Å². The topological polar surface area (TPSA) is 56.2 Å². The van der Waals surface area contributed by atoms with Gasteiger partial charge in [-0.2, -0.15) is 5.10 Å². The third-order valence-corrected chi connectivity index (χ3v) is 3.24. The Bertz CT molecular complexity index is 671. The summed E-state index contributed by atoms with van der Waals surface area (Å²) in [5.74, 6) is 0. The molecule has 2 rings (SSSR count). The summed E-state index contributed by atoms with van der Waals surface area (Å²) in [7, 11) is 1.90. The van der Waals surface area contributed by atoms with Gasteiger partial charge in [-0.15, -0.1) is 0 Å². The highest BCUT2D eigenvalue weighted by molar-refractivity contribution is 5.68. The van der Waals surface area contributed by atoms with Crippen LogP contribution in [0.25, 0.3) is 11.3 Å². The Kier molecular flexibility index (Phi) is 5.08. The van der Waals surface area contributed by atoms with E-state index in [0.717, 1.165) is 23.2 Å². The first-order valence-corrected chi connectivity index (χ1v) is 7.81. The molecule has 0 saturated carbocycles. The van der Waals surface area contributed by atoms with Gasteiger partial charge in [0.25, 0.3) is 0 Å². The van der Waals surface area contributed by atoms with E-state index < -0.39 is 5.60 Å². The molecule has 23 heavy (non-hydrogen) atoms. The van der Waals surface area contributed by atoms with Crippen molar-refractivity contribution in [2.45, 2.75) is 45.8 Å². The Labute approximate surface area is 137 Å². The van der Waals surface area contributed by atoms with Crippen LogP contribution in [-0.4, -0.2) is 27.5 Å². The molecule has 0 fully saturated rings. The number of aromatic nitrogens is 2. The molecule has 2 aromatic rings. The summed E-state index contributed by atoms with van der Waals surface area (Å²) < 4.78 is 7.07. The lowest BCUT2D eigenvalue weighted by atomic mass is 10.0. The van der Waals surface area contributed by atoms with Crippen LogP contribution in [0.4, 0.5) is 4.79 Å². The summed E-state index contributed by atoms with van der Waals surface area (Å²) in [5, 5.41) is 7.28. The third-order valence-electron chi connectivity index (χ3n) is 3.24. The molecule has 0 bridgehead atoms. The molecule has 0 aliphatic carbocycles. The van der Waals surface area contributed by atoms with Gasteiger partial charge in [0.15, 0.2) is 0 Å². The zero-order chi connectivity index (χ0) is 17.0. The zero-order valence-corrected chi connectivity index (χ0v) is 14.5. The summed E-state index contributed by atoms with van der Waals surface area (Å²) in [6.45, 7) is 7.53. The number of nitrogens with zero attached hydrogens (tertiary/aromatic N) is 2. The lowest BCUT2D eigenvalue weighted by molar-refractivity contribution is 0.0508. The SMILES string of the molecule is C[C@H](Cc1cccc(-c2ccn(C)n2)c1)NC(=O)OC(C)(C)C. The number of hydrogen-bond donors (Lipinski definition) is 1. The lowest BCUT2D eigenvalue weighted by Gasteiger charge is -2.22. The molecular formula is C18H25N3O2. The fourth-order valence-corrected chi connectivity index (χ4v) is 2.34. The van der Waals surface area contributed by atoms with Crippen LogP contribution >= 0.6 is 0 Å². The Balaban J connectivity index is 1.99. The normalized spacial score (nSPS) is 12.7. The number of rotatable bonds is 4. The summed E-state index contributed by atoms with van der Waals surface area (Å²) in [6.07, 6.45) is 2.28. The molecule has 5 nitrogen and oxygen atoms in total. The van der Waals surface area contributed by atoms with Crippen molar-refractivity contribution in [3.8, 4) is 11.3 Å². The molecule has 1 aromatic heterocycles. The van der Waals surface area contributed by atoms with Crippen molar-refractivity contribution in [2.75, 3.05) is 0 Å². The van der Waals surface area contributed by atoms with Crippen LogP contribution < -0.4 is 5.32 Å². The van der Waals surface area contributed by atoms with Crippen molar-refractivity contribution in [3.63, 3.8) is 0 Å². The van der Waals surface area contributed by atoms with E-state index in [4.69, 9.17) is 4.74 Å². The molecule has 0 aliphatic heterocycles. The van der Waals surface area contributed by atoms with E-state index in [0.29, 0.717) is 0 Å². The van der Waals surface area contributed by atoms with E-state index in [2.05, 4.69) is 22.5 Å². The van der Waals surface area contributed by atoms with Crippen molar-refractivity contribution in [1.29, 1.82) is 0 Å². The van der Waals surface area contributed by atoms with E-state index in [1.165, 1.54) is 0 Å². The number of ether oxygens (including phenoxy) is 1. The number of carbonyl (C=O) groups is 1. The number of hydrogen-bond acceptors (Lipinski definition) is 3. The molecule has 1 heterocycles. The fraction of sp³-hybridized carbons (Fsp3) is 0.444. The Morgan fingerprint density at radius 1 is 1.35 bits per heavy atom. The molecule has 1 N–H and O–H groups in total. The second kappa shape index (κ2) is 6.86. The summed E-state index contributed by atoms with van der Waals surface area (Å²) in [5.41, 5.74) is 2.69. The number of alkyl carbamates (subject to hydrolysis) is 1. The third kappa shape index (κ3) is 5.43. The second-order valence-corrected chi connectivity index (χ2v) is 6.83. The molecule has 1 amide bonds. The van der Waals surface area contributed by atoms with Gasteiger partial charge in [-0.1, -0.05) is 18.2 Å². The minimum atomic E-state index is -0.483. The lowest BCUT2D eigenvalue weighted by Crippen LogP contribution is -2.38. The Morgan fingerprint density at radius 3 is 2.70 bits per heavy atom. The Morgan fingerprint density at radius 2 is 2.09 bits per heavy atom. The first-order chi connectivity index (χ1) is 10.7. The first kappa shape index (κ1) is 17.1. The molecular weight excluding hydrogens is 290 g/mol. The van der Waals surface area contributed by atoms with E-state index in [1.54, 1.807) is 4.68 Å². The van der Waals surface area contributed by atoms with Gasteiger partial charge in [0.05, 0.1) is 5.69 Å². The molecule has 5 heteroatoms. The Hall–Kier alpha value is -2.30. The standard InChI is InChI=1S/C18H25N3O2/c1-13(19-17(22)23-18(2,3)4)11-14-7-6-8-15(12-14)16-9-10-21(5)20-16/h6-10,12-13H,11H2,1-5H3,(H,19,22)/t13-/m1/s1. The van der Waals surface area contributed by atoms with Crippen molar-refractivity contribution in [1.82, 2.24) is 15.1 Å². The van der Waals surface area contributed by atoms with Gasteiger partial charge in [0, 0.05) is 24.8 Å². The maximum Gasteiger partial charge on any atom is 0.407 e. The van der Waals surface area contributed by atoms with Crippen LogP contribution in [0.1, 0.15) is 33.3 Å². The molecule has 1 atom stereocenters. The maximum absolute atomic E-state index is 11.8. The van der Waals surface area contributed by atoms with Gasteiger partial charge in [0.1, 0.15) is 5.60 Å². The summed E-state index contributed by atoms with van der Waals surface area (Å²) in [6, 6.07) is 10.2. The highest BCUT2D eigenvalue weighted by atomic mass is 16.6. The van der Waals surface area contributed by atoms with Gasteiger partial charge in [-0.05, 0) is 51.8 Å². The predicted octanol–water partition coefficient (Wildman–Crippen LogP) is 3.54. The van der Waals surface area contributed by atoms with Crippen LogP contribution in [0.15, 0.2) is 36.5 Å². The zero-order valence-electron chi connectivity index (χ0n) is 14.5. The number of amides is 1. The van der Waals surface area contributed by atoms with E-state index >= 15 is 0 Å². The molecule has 0 radical (unpaired) electrons. The van der Waals surface area contributed by atoms with Crippen molar-refractivity contribution in [2.24, 2.45) is 7.05 Å². The van der Waals surface area contributed by atoms with Crippen molar-refractivity contribution >= 4 is 6.09 Å². The largest absolute Gasteiger partial charge is 0.444 e. The number of nitrogens with one attached hydrogen (secondary N) is 1. The van der Waals surface area contributed by atoms with Gasteiger partial charge in [-0.25, -0.2) is 4.79 Å². The van der Waals surface area contributed by atoms with E-state index in [-0.39, 0.29) is 12.1 Å². The minimum Gasteiger partial charge on any atom is -0.444 e. The summed E-state index contributed by atoms with van der Waals surface area (Å²) in [4.78, 5) is 11.8. The monoisotopic (exact) mass is 315 g/mol. The van der Waals surface area contributed by atoms with Gasteiger partial charge < -0.3 is 10.1 Å².